The van der Waals surface area contributed by atoms with Crippen LogP contribution in [0.25, 0.3) is 0 Å². The average molecular weight is 203 g/mol. The fourth-order valence-electron chi connectivity index (χ4n) is 0.769. The second kappa shape index (κ2) is 6.79. The minimum absolute atomic E-state index is 0.00958. The molecule has 0 radical (unpaired) electrons. The average Bonchev–Trinajstić information content (AvgIpc) is 2.02. The van der Waals surface area contributed by atoms with Crippen LogP contribution >= 0.6 is 0 Å². The lowest BCUT2D eigenvalue weighted by atomic mass is 10.1. The van der Waals surface area contributed by atoms with E-state index in [1.807, 2.05) is 20.8 Å². The van der Waals surface area contributed by atoms with Gasteiger partial charge < -0.3 is 15.2 Å². The van der Waals surface area contributed by atoms with Gasteiger partial charge in [-0.2, -0.15) is 0 Å². The first-order chi connectivity index (χ1) is 6.45. The Bertz CT molecular complexity index is 163. The lowest BCUT2D eigenvalue weighted by Gasteiger charge is -2.17. The van der Waals surface area contributed by atoms with Crippen molar-refractivity contribution in [1.29, 1.82) is 0 Å². The van der Waals surface area contributed by atoms with E-state index in [0.717, 1.165) is 12.8 Å². The van der Waals surface area contributed by atoms with Crippen LogP contribution in [0.2, 0.25) is 0 Å². The minimum atomic E-state index is -0.399. The van der Waals surface area contributed by atoms with Gasteiger partial charge in [0, 0.05) is 5.54 Å². The van der Waals surface area contributed by atoms with Crippen LogP contribution in [0.3, 0.4) is 0 Å². The number of rotatable bonds is 7. The van der Waals surface area contributed by atoms with E-state index in [0.29, 0.717) is 13.2 Å². The summed E-state index contributed by atoms with van der Waals surface area (Å²) in [5, 5.41) is 0. The summed E-state index contributed by atoms with van der Waals surface area (Å²) in [7, 11) is 0. The van der Waals surface area contributed by atoms with E-state index < -0.39 is 5.54 Å². The van der Waals surface area contributed by atoms with Gasteiger partial charge in [0.2, 0.25) is 0 Å². The SMILES string of the molecule is CCCCOC(=O)COCC(C)(C)N. The Morgan fingerprint density at radius 2 is 2.07 bits per heavy atom. The van der Waals surface area contributed by atoms with E-state index >= 15 is 0 Å². The molecular formula is C10H21NO3. The van der Waals surface area contributed by atoms with Crippen molar-refractivity contribution in [3.8, 4) is 0 Å². The molecule has 14 heavy (non-hydrogen) atoms. The zero-order valence-electron chi connectivity index (χ0n) is 9.34. The standard InChI is InChI=1S/C10H21NO3/c1-4-5-6-14-9(12)7-13-8-10(2,3)11/h4-8,11H2,1-3H3. The van der Waals surface area contributed by atoms with Crippen LogP contribution in [0.1, 0.15) is 33.6 Å². The number of unbranched alkanes of at least 4 members (excludes halogenated alkanes) is 1. The molecule has 4 nitrogen and oxygen atoms in total. The topological polar surface area (TPSA) is 61.5 Å². The van der Waals surface area contributed by atoms with Crippen LogP contribution in [0.15, 0.2) is 0 Å². The summed E-state index contributed by atoms with van der Waals surface area (Å²) >= 11 is 0. The summed E-state index contributed by atoms with van der Waals surface area (Å²) in [6.45, 7) is 6.55. The van der Waals surface area contributed by atoms with Crippen molar-refractivity contribution < 1.29 is 14.3 Å². The summed E-state index contributed by atoms with van der Waals surface area (Å²) in [5.41, 5.74) is 5.27. The Balaban J connectivity index is 3.36. The number of ether oxygens (including phenoxy) is 2. The van der Waals surface area contributed by atoms with Gasteiger partial charge in [-0.05, 0) is 20.3 Å². The maximum atomic E-state index is 11.0. The van der Waals surface area contributed by atoms with Crippen LogP contribution in [0.5, 0.6) is 0 Å². The fourth-order valence-corrected chi connectivity index (χ4v) is 0.769. The molecule has 0 heterocycles. The second-order valence-corrected chi connectivity index (χ2v) is 4.06. The highest BCUT2D eigenvalue weighted by Crippen LogP contribution is 1.97. The van der Waals surface area contributed by atoms with Crippen LogP contribution < -0.4 is 5.73 Å². The molecule has 0 aliphatic carbocycles. The van der Waals surface area contributed by atoms with E-state index in [2.05, 4.69) is 0 Å². The van der Waals surface area contributed by atoms with Crippen molar-refractivity contribution in [2.24, 2.45) is 5.73 Å². The lowest BCUT2D eigenvalue weighted by molar-refractivity contribution is -0.149. The molecule has 0 aliphatic rings. The summed E-state index contributed by atoms with van der Waals surface area (Å²) in [4.78, 5) is 11.0. The Labute approximate surface area is 85.8 Å². The van der Waals surface area contributed by atoms with Gasteiger partial charge >= 0.3 is 5.97 Å². The number of carbonyl (C=O) groups excluding carboxylic acids is 1. The maximum Gasteiger partial charge on any atom is 0.332 e. The molecule has 0 aliphatic heterocycles. The normalized spacial score (nSPS) is 11.4. The largest absolute Gasteiger partial charge is 0.464 e. The maximum absolute atomic E-state index is 11.0. The van der Waals surface area contributed by atoms with Crippen molar-refractivity contribution in [3.05, 3.63) is 0 Å². The Hall–Kier alpha value is -0.610. The van der Waals surface area contributed by atoms with Crippen LogP contribution in [0, 0.1) is 0 Å². The summed E-state index contributed by atoms with van der Waals surface area (Å²) in [6, 6.07) is 0. The molecule has 0 spiro atoms. The molecule has 0 aromatic heterocycles. The van der Waals surface area contributed by atoms with E-state index in [1.165, 1.54) is 0 Å². The van der Waals surface area contributed by atoms with Gasteiger partial charge in [-0.3, -0.25) is 0 Å². The first-order valence-corrected chi connectivity index (χ1v) is 4.98. The van der Waals surface area contributed by atoms with Crippen molar-refractivity contribution >= 4 is 5.97 Å². The molecule has 2 N–H and O–H groups in total. The fraction of sp³-hybridized carbons (Fsp3) is 0.900. The third kappa shape index (κ3) is 9.48. The monoisotopic (exact) mass is 203 g/mol. The summed E-state index contributed by atoms with van der Waals surface area (Å²) in [5.74, 6) is -0.317. The quantitative estimate of drug-likeness (QED) is 0.497. The molecule has 0 amide bonds. The van der Waals surface area contributed by atoms with Gasteiger partial charge in [-0.15, -0.1) is 0 Å². The third-order valence-electron chi connectivity index (χ3n) is 1.45. The molecule has 84 valence electrons. The second-order valence-electron chi connectivity index (χ2n) is 4.06. The number of hydrogen-bond acceptors (Lipinski definition) is 4. The predicted octanol–water partition coefficient (Wildman–Crippen LogP) is 1.08. The molecule has 0 saturated heterocycles. The van der Waals surface area contributed by atoms with Gasteiger partial charge in [0.1, 0.15) is 6.61 Å². The molecule has 0 aromatic rings. The van der Waals surface area contributed by atoms with Crippen LogP contribution in [-0.2, 0) is 14.3 Å². The number of hydrogen-bond donors (Lipinski definition) is 1. The molecule has 0 aromatic carbocycles. The van der Waals surface area contributed by atoms with Crippen LogP contribution in [-0.4, -0.2) is 31.3 Å². The molecule has 0 bridgehead atoms. The van der Waals surface area contributed by atoms with Gasteiger partial charge in [-0.1, -0.05) is 13.3 Å². The molecule has 4 heteroatoms. The van der Waals surface area contributed by atoms with E-state index in [-0.39, 0.29) is 12.6 Å². The highest BCUT2D eigenvalue weighted by molar-refractivity contribution is 5.70. The predicted molar refractivity (Wildman–Crippen MR) is 55.0 cm³/mol. The Morgan fingerprint density at radius 3 is 2.57 bits per heavy atom. The minimum Gasteiger partial charge on any atom is -0.464 e. The van der Waals surface area contributed by atoms with Gasteiger partial charge in [0.05, 0.1) is 13.2 Å². The molecule has 0 saturated carbocycles. The third-order valence-corrected chi connectivity index (χ3v) is 1.45. The molecular weight excluding hydrogens is 182 g/mol. The van der Waals surface area contributed by atoms with E-state index in [1.54, 1.807) is 0 Å². The zero-order valence-corrected chi connectivity index (χ0v) is 9.34. The Morgan fingerprint density at radius 1 is 1.43 bits per heavy atom. The van der Waals surface area contributed by atoms with Crippen molar-refractivity contribution in [3.63, 3.8) is 0 Å². The van der Waals surface area contributed by atoms with Gasteiger partial charge in [0.25, 0.3) is 0 Å². The Kier molecular flexibility index (Phi) is 6.49. The first kappa shape index (κ1) is 13.4. The van der Waals surface area contributed by atoms with E-state index in [9.17, 15) is 4.79 Å². The number of esters is 1. The summed E-state index contributed by atoms with van der Waals surface area (Å²) < 4.78 is 9.98. The van der Waals surface area contributed by atoms with Crippen molar-refractivity contribution in [2.45, 2.75) is 39.2 Å². The highest BCUT2D eigenvalue weighted by Gasteiger charge is 2.12. The molecule has 0 rings (SSSR count). The molecule has 0 unspecified atom stereocenters. The zero-order chi connectivity index (χ0) is 11.0. The van der Waals surface area contributed by atoms with Crippen molar-refractivity contribution in [2.75, 3.05) is 19.8 Å². The molecule has 0 atom stereocenters. The van der Waals surface area contributed by atoms with Gasteiger partial charge in [0.15, 0.2) is 0 Å². The van der Waals surface area contributed by atoms with Crippen LogP contribution in [0.4, 0.5) is 0 Å². The first-order valence-electron chi connectivity index (χ1n) is 4.98. The van der Waals surface area contributed by atoms with Gasteiger partial charge in [-0.25, -0.2) is 4.79 Å². The summed E-state index contributed by atoms with van der Waals surface area (Å²) in [6.07, 6.45) is 1.91. The molecule has 0 fully saturated rings. The highest BCUT2D eigenvalue weighted by atomic mass is 16.6. The number of nitrogens with two attached hydrogens (primary N) is 1. The van der Waals surface area contributed by atoms with Crippen molar-refractivity contribution in [1.82, 2.24) is 0 Å². The number of carbonyl (C=O) groups is 1. The van der Waals surface area contributed by atoms with E-state index in [4.69, 9.17) is 15.2 Å². The lowest BCUT2D eigenvalue weighted by Crippen LogP contribution is -2.38. The smallest absolute Gasteiger partial charge is 0.332 e.